The quantitative estimate of drug-likeness (QED) is 0.846. The van der Waals surface area contributed by atoms with E-state index in [0.29, 0.717) is 12.0 Å². The normalized spacial score (nSPS) is 28.4. The van der Waals surface area contributed by atoms with Crippen LogP contribution in [0.5, 0.6) is 5.75 Å². The van der Waals surface area contributed by atoms with Gasteiger partial charge in [-0.1, -0.05) is 12.5 Å². The summed E-state index contributed by atoms with van der Waals surface area (Å²) in [5.41, 5.74) is 1.31. The Hall–Kier alpha value is -1.30. The molecule has 2 aliphatic heterocycles. The van der Waals surface area contributed by atoms with Gasteiger partial charge in [-0.05, 0) is 37.0 Å². The number of hydrogen-bond donors (Lipinski definition) is 0. The van der Waals surface area contributed by atoms with Crippen molar-refractivity contribution in [2.24, 2.45) is 0 Å². The highest BCUT2D eigenvalue weighted by molar-refractivity contribution is 7.86. The monoisotopic (exact) mass is 316 g/mol. The van der Waals surface area contributed by atoms with Crippen LogP contribution in [0, 0.1) is 5.82 Å². The fourth-order valence-electron chi connectivity index (χ4n) is 3.05. The Balaban J connectivity index is 1.98. The highest BCUT2D eigenvalue weighted by Gasteiger charge is 2.34. The third kappa shape index (κ3) is 3.00. The van der Waals surface area contributed by atoms with Crippen molar-refractivity contribution >= 4 is 16.4 Å². The van der Waals surface area contributed by atoms with E-state index < -0.39 is 23.2 Å². The average Bonchev–Trinajstić information content (AvgIpc) is 2.38. The Morgan fingerprint density at radius 3 is 2.81 bits per heavy atom. The standard InChI is InChI=1S/C15H15F3O2S/c16-10-4-5-13(14(8-10)20-15(17)18)9-6-11-2-1-3-12(7-9)21(11)19/h4-6,8,11-12,15H,1-3,7H2. The number of halogens is 3. The summed E-state index contributed by atoms with van der Waals surface area (Å²) in [6, 6.07) is 3.67. The van der Waals surface area contributed by atoms with Gasteiger partial charge in [-0.3, -0.25) is 4.21 Å². The molecule has 0 saturated carbocycles. The number of ether oxygens (including phenoxy) is 1. The highest BCUT2D eigenvalue weighted by Crippen LogP contribution is 2.40. The maximum atomic E-state index is 13.3. The third-order valence-electron chi connectivity index (χ3n) is 3.98. The summed E-state index contributed by atoms with van der Waals surface area (Å²) >= 11 is 0. The predicted molar refractivity (Wildman–Crippen MR) is 75.2 cm³/mol. The van der Waals surface area contributed by atoms with Crippen molar-refractivity contribution in [3.63, 3.8) is 0 Å². The smallest absolute Gasteiger partial charge is 0.387 e. The molecule has 21 heavy (non-hydrogen) atoms. The third-order valence-corrected chi connectivity index (χ3v) is 6.01. The summed E-state index contributed by atoms with van der Waals surface area (Å²) in [4.78, 5) is 0. The van der Waals surface area contributed by atoms with Gasteiger partial charge in [-0.25, -0.2) is 4.39 Å². The first kappa shape index (κ1) is 14.6. The van der Waals surface area contributed by atoms with Crippen molar-refractivity contribution in [1.29, 1.82) is 0 Å². The molecular weight excluding hydrogens is 301 g/mol. The molecule has 3 unspecified atom stereocenters. The molecule has 2 bridgehead atoms. The van der Waals surface area contributed by atoms with Crippen LogP contribution in [0.2, 0.25) is 0 Å². The second-order valence-corrected chi connectivity index (χ2v) is 7.26. The van der Waals surface area contributed by atoms with E-state index in [0.717, 1.165) is 30.9 Å². The lowest BCUT2D eigenvalue weighted by Crippen LogP contribution is -2.33. The fourth-order valence-corrected chi connectivity index (χ4v) is 4.99. The van der Waals surface area contributed by atoms with E-state index in [1.54, 1.807) is 0 Å². The maximum Gasteiger partial charge on any atom is 0.387 e. The largest absolute Gasteiger partial charge is 0.434 e. The van der Waals surface area contributed by atoms with Gasteiger partial charge in [0.25, 0.3) is 0 Å². The van der Waals surface area contributed by atoms with Crippen molar-refractivity contribution in [2.75, 3.05) is 0 Å². The van der Waals surface area contributed by atoms with Crippen LogP contribution in [0.1, 0.15) is 31.2 Å². The van der Waals surface area contributed by atoms with Gasteiger partial charge >= 0.3 is 6.61 Å². The summed E-state index contributed by atoms with van der Waals surface area (Å²) in [6.45, 7) is -3.00. The topological polar surface area (TPSA) is 26.3 Å². The molecule has 1 fully saturated rings. The lowest BCUT2D eigenvalue weighted by molar-refractivity contribution is -0.0501. The summed E-state index contributed by atoms with van der Waals surface area (Å²) in [6.07, 6.45) is 5.21. The van der Waals surface area contributed by atoms with Crippen molar-refractivity contribution < 1.29 is 22.1 Å². The Kier molecular flexibility index (Phi) is 4.06. The number of rotatable bonds is 3. The SMILES string of the molecule is O=S1C2C=C(c3ccc(F)cc3OC(F)F)CC1CCC2. The predicted octanol–water partition coefficient (Wildman–Crippen LogP) is 3.88. The zero-order valence-electron chi connectivity index (χ0n) is 11.2. The van der Waals surface area contributed by atoms with Crippen molar-refractivity contribution in [1.82, 2.24) is 0 Å². The Labute approximate surface area is 123 Å². The first-order valence-corrected chi connectivity index (χ1v) is 8.17. The molecule has 1 aromatic rings. The van der Waals surface area contributed by atoms with E-state index in [1.165, 1.54) is 12.1 Å². The van der Waals surface area contributed by atoms with Crippen LogP contribution in [0.4, 0.5) is 13.2 Å². The lowest BCUT2D eigenvalue weighted by atomic mass is 9.93. The molecule has 0 amide bonds. The van der Waals surface area contributed by atoms with E-state index >= 15 is 0 Å². The Bertz CT molecular complexity index is 601. The molecule has 3 atom stereocenters. The van der Waals surface area contributed by atoms with Gasteiger partial charge in [0.1, 0.15) is 11.6 Å². The van der Waals surface area contributed by atoms with Crippen LogP contribution in [0.3, 0.4) is 0 Å². The van der Waals surface area contributed by atoms with Crippen molar-refractivity contribution in [3.8, 4) is 5.75 Å². The first-order valence-electron chi connectivity index (χ1n) is 6.89. The van der Waals surface area contributed by atoms with E-state index in [2.05, 4.69) is 4.74 Å². The van der Waals surface area contributed by atoms with Crippen LogP contribution in [0.15, 0.2) is 24.3 Å². The molecule has 2 aliphatic rings. The molecule has 0 radical (unpaired) electrons. The Morgan fingerprint density at radius 1 is 1.29 bits per heavy atom. The zero-order chi connectivity index (χ0) is 15.0. The fraction of sp³-hybridized carbons (Fsp3) is 0.467. The van der Waals surface area contributed by atoms with Gasteiger partial charge in [-0.15, -0.1) is 0 Å². The van der Waals surface area contributed by atoms with Gasteiger partial charge in [-0.2, -0.15) is 8.78 Å². The molecular formula is C15H15F3O2S. The molecule has 1 aromatic carbocycles. The van der Waals surface area contributed by atoms with E-state index in [1.807, 2.05) is 6.08 Å². The van der Waals surface area contributed by atoms with Crippen LogP contribution in [-0.2, 0) is 10.8 Å². The van der Waals surface area contributed by atoms with Crippen LogP contribution < -0.4 is 4.74 Å². The maximum absolute atomic E-state index is 13.3. The second-order valence-electron chi connectivity index (χ2n) is 5.33. The molecule has 2 nitrogen and oxygen atoms in total. The molecule has 114 valence electrons. The number of fused-ring (bicyclic) bond motifs is 2. The van der Waals surface area contributed by atoms with Gasteiger partial charge < -0.3 is 4.74 Å². The Morgan fingerprint density at radius 2 is 2.10 bits per heavy atom. The minimum atomic E-state index is -3.00. The van der Waals surface area contributed by atoms with Crippen LogP contribution >= 0.6 is 0 Å². The number of alkyl halides is 2. The van der Waals surface area contributed by atoms with E-state index in [9.17, 15) is 17.4 Å². The summed E-state index contributed by atoms with van der Waals surface area (Å²) < 4.78 is 54.8. The molecule has 0 spiro atoms. The number of benzene rings is 1. The highest BCUT2D eigenvalue weighted by atomic mass is 32.2. The van der Waals surface area contributed by atoms with Gasteiger partial charge in [0, 0.05) is 27.7 Å². The molecule has 1 saturated heterocycles. The molecule has 0 aromatic heterocycles. The van der Waals surface area contributed by atoms with Gasteiger partial charge in [0.15, 0.2) is 0 Å². The molecule has 0 aliphatic carbocycles. The molecule has 3 rings (SSSR count). The van der Waals surface area contributed by atoms with E-state index in [4.69, 9.17) is 0 Å². The average molecular weight is 316 g/mol. The molecule has 2 heterocycles. The number of hydrogen-bond acceptors (Lipinski definition) is 2. The van der Waals surface area contributed by atoms with Crippen LogP contribution in [-0.4, -0.2) is 21.3 Å². The van der Waals surface area contributed by atoms with Gasteiger partial charge in [0.05, 0.1) is 5.25 Å². The summed E-state index contributed by atoms with van der Waals surface area (Å²) in [7, 11) is -0.892. The lowest BCUT2D eigenvalue weighted by Gasteiger charge is -2.33. The van der Waals surface area contributed by atoms with Crippen molar-refractivity contribution in [3.05, 3.63) is 35.7 Å². The minimum absolute atomic E-state index is 0.0306. The van der Waals surface area contributed by atoms with Crippen molar-refractivity contribution in [2.45, 2.75) is 42.8 Å². The van der Waals surface area contributed by atoms with Crippen LogP contribution in [0.25, 0.3) is 5.57 Å². The van der Waals surface area contributed by atoms with E-state index in [-0.39, 0.29) is 16.2 Å². The number of allylic oxidation sites excluding steroid dienone is 1. The molecule has 0 N–H and O–H groups in total. The zero-order valence-corrected chi connectivity index (χ0v) is 12.0. The summed E-state index contributed by atoms with van der Waals surface area (Å²) in [5, 5.41) is 0.0326. The second kappa shape index (κ2) is 5.83. The first-order chi connectivity index (χ1) is 10.0. The molecule has 6 heteroatoms. The van der Waals surface area contributed by atoms with Gasteiger partial charge in [0.2, 0.25) is 0 Å². The minimum Gasteiger partial charge on any atom is -0.434 e. The summed E-state index contributed by atoms with van der Waals surface area (Å²) in [5.74, 6) is -0.767.